The highest BCUT2D eigenvalue weighted by atomic mass is 16.5. The quantitative estimate of drug-likeness (QED) is 0.396. The average Bonchev–Trinajstić information content (AvgIpc) is 3.56. The van der Waals surface area contributed by atoms with Crippen LogP contribution in [0, 0.1) is 6.92 Å². The van der Waals surface area contributed by atoms with Gasteiger partial charge in [0.2, 0.25) is 5.91 Å². The maximum Gasteiger partial charge on any atom is 0.242 e. The summed E-state index contributed by atoms with van der Waals surface area (Å²) in [6.45, 7) is 4.75. The molecule has 0 spiro atoms. The minimum Gasteiger partial charge on any atom is -0.491 e. The zero-order valence-corrected chi connectivity index (χ0v) is 20.7. The van der Waals surface area contributed by atoms with Crippen molar-refractivity contribution in [3.63, 3.8) is 0 Å². The number of carbonyl (C=O) groups excluding carboxylic acids is 1. The first kappa shape index (κ1) is 25.2. The van der Waals surface area contributed by atoms with Crippen molar-refractivity contribution in [1.29, 1.82) is 0 Å². The summed E-state index contributed by atoms with van der Waals surface area (Å²) in [6.07, 6.45) is 2.02. The molecule has 2 aromatic rings. The van der Waals surface area contributed by atoms with Gasteiger partial charge in [-0.05, 0) is 45.4 Å². The number of nitrogens with zero attached hydrogens (tertiary/aromatic N) is 3. The predicted octanol–water partition coefficient (Wildman–Crippen LogP) is 1.33. The lowest BCUT2D eigenvalue weighted by atomic mass is 10.1. The third-order valence-corrected chi connectivity index (χ3v) is 6.44. The summed E-state index contributed by atoms with van der Waals surface area (Å²) < 4.78 is 11.3. The lowest BCUT2D eigenvalue weighted by Crippen LogP contribution is -2.42. The van der Waals surface area contributed by atoms with Crippen LogP contribution in [0.4, 0.5) is 11.6 Å². The molecule has 2 aliphatic rings. The van der Waals surface area contributed by atoms with Crippen molar-refractivity contribution in [3.8, 4) is 17.1 Å². The molecule has 1 aromatic heterocycles. The minimum absolute atomic E-state index is 0.00344. The molecule has 2 fully saturated rings. The minimum atomic E-state index is -0.605. The van der Waals surface area contributed by atoms with E-state index >= 15 is 0 Å². The second-order valence-electron chi connectivity index (χ2n) is 9.07. The van der Waals surface area contributed by atoms with Gasteiger partial charge in [0.1, 0.15) is 36.1 Å². The van der Waals surface area contributed by atoms with E-state index in [9.17, 15) is 9.90 Å². The van der Waals surface area contributed by atoms with Crippen molar-refractivity contribution >= 4 is 17.5 Å². The second-order valence-corrected chi connectivity index (χ2v) is 9.07. The molecule has 0 aliphatic carbocycles. The Morgan fingerprint density at radius 1 is 1.31 bits per heavy atom. The molecular formula is C25H36N6O4. The van der Waals surface area contributed by atoms with Crippen molar-refractivity contribution in [2.45, 2.75) is 44.4 Å². The molecule has 3 atom stereocenters. The zero-order valence-electron chi connectivity index (χ0n) is 20.7. The molecule has 1 aromatic carbocycles. The number of ether oxygens (including phenoxy) is 2. The Hall–Kier alpha value is -2.95. The second kappa shape index (κ2) is 11.7. The van der Waals surface area contributed by atoms with E-state index in [4.69, 9.17) is 19.4 Å². The van der Waals surface area contributed by atoms with E-state index < -0.39 is 6.10 Å². The van der Waals surface area contributed by atoms with Gasteiger partial charge in [0.05, 0.1) is 12.6 Å². The molecule has 3 heterocycles. The number of anilines is 2. The summed E-state index contributed by atoms with van der Waals surface area (Å²) in [5, 5.41) is 19.2. The highest BCUT2D eigenvalue weighted by molar-refractivity contribution is 5.86. The maximum atomic E-state index is 12.6. The van der Waals surface area contributed by atoms with Gasteiger partial charge in [-0.25, -0.2) is 9.97 Å². The topological polar surface area (TPSA) is 121 Å². The molecule has 4 rings (SSSR count). The molecule has 0 radical (unpaired) electrons. The fraction of sp³-hybridized carbons (Fsp3) is 0.560. The summed E-state index contributed by atoms with van der Waals surface area (Å²) in [5.74, 6) is 2.69. The molecule has 35 heavy (non-hydrogen) atoms. The number of benzene rings is 1. The molecule has 0 bridgehead atoms. The molecular weight excluding hydrogens is 448 g/mol. The summed E-state index contributed by atoms with van der Waals surface area (Å²) in [4.78, 5) is 24.5. The van der Waals surface area contributed by atoms with E-state index in [-0.39, 0.29) is 24.6 Å². The van der Waals surface area contributed by atoms with Crippen LogP contribution in [-0.4, -0.2) is 86.2 Å². The van der Waals surface area contributed by atoms with Gasteiger partial charge >= 0.3 is 0 Å². The van der Waals surface area contributed by atoms with Gasteiger partial charge in [-0.2, -0.15) is 0 Å². The Kier molecular flexibility index (Phi) is 8.37. The molecule has 2 saturated heterocycles. The lowest BCUT2D eigenvalue weighted by molar-refractivity contribution is -0.121. The fourth-order valence-corrected chi connectivity index (χ4v) is 4.57. The third-order valence-electron chi connectivity index (χ3n) is 6.44. The Morgan fingerprint density at radius 3 is 2.91 bits per heavy atom. The van der Waals surface area contributed by atoms with Crippen molar-refractivity contribution in [2.24, 2.45) is 0 Å². The van der Waals surface area contributed by atoms with Gasteiger partial charge in [-0.15, -0.1) is 0 Å². The predicted molar refractivity (Wildman–Crippen MR) is 135 cm³/mol. The molecule has 2 aliphatic heterocycles. The van der Waals surface area contributed by atoms with Crippen molar-refractivity contribution in [3.05, 3.63) is 29.8 Å². The highest BCUT2D eigenvalue weighted by Gasteiger charge is 2.33. The van der Waals surface area contributed by atoms with Gasteiger partial charge in [0, 0.05) is 37.9 Å². The van der Waals surface area contributed by atoms with E-state index in [1.165, 1.54) is 0 Å². The first-order valence-corrected chi connectivity index (χ1v) is 12.3. The van der Waals surface area contributed by atoms with Crippen LogP contribution in [0.15, 0.2) is 24.3 Å². The van der Waals surface area contributed by atoms with E-state index in [0.717, 1.165) is 55.2 Å². The molecule has 10 heteroatoms. The summed E-state index contributed by atoms with van der Waals surface area (Å²) in [6, 6.07) is 7.48. The van der Waals surface area contributed by atoms with Crippen molar-refractivity contribution in [2.75, 3.05) is 57.2 Å². The largest absolute Gasteiger partial charge is 0.491 e. The van der Waals surface area contributed by atoms with Crippen LogP contribution in [0.2, 0.25) is 0 Å². The van der Waals surface area contributed by atoms with Gasteiger partial charge in [-0.1, -0.05) is 12.1 Å². The van der Waals surface area contributed by atoms with Crippen LogP contribution in [-0.2, 0) is 9.53 Å². The molecule has 10 nitrogen and oxygen atoms in total. The van der Waals surface area contributed by atoms with Crippen LogP contribution in [0.25, 0.3) is 11.4 Å². The number of nitrogens with one attached hydrogen (secondary N) is 3. The van der Waals surface area contributed by atoms with E-state index in [2.05, 4.69) is 20.9 Å². The highest BCUT2D eigenvalue weighted by Crippen LogP contribution is 2.33. The van der Waals surface area contributed by atoms with Gasteiger partial charge in [0.25, 0.3) is 0 Å². The van der Waals surface area contributed by atoms with E-state index in [0.29, 0.717) is 24.7 Å². The number of carbonyl (C=O) groups is 1. The van der Waals surface area contributed by atoms with Gasteiger partial charge in [0.15, 0.2) is 5.82 Å². The third kappa shape index (κ3) is 6.01. The number of amides is 1. The molecule has 1 unspecified atom stereocenters. The van der Waals surface area contributed by atoms with Crippen LogP contribution >= 0.6 is 0 Å². The monoisotopic (exact) mass is 484 g/mol. The van der Waals surface area contributed by atoms with Crippen molar-refractivity contribution < 1.29 is 19.4 Å². The first-order chi connectivity index (χ1) is 17.0. The Bertz CT molecular complexity index is 1010. The van der Waals surface area contributed by atoms with E-state index in [1.807, 2.05) is 31.2 Å². The van der Waals surface area contributed by atoms with Crippen molar-refractivity contribution in [1.82, 2.24) is 20.6 Å². The Morgan fingerprint density at radius 2 is 2.17 bits per heavy atom. The SMILES string of the molecule is CNCC(O)COc1cccc(-c2nc(N[C@@H]3CCOC3)c(C)c(N3CCC[C@@H]3C(=O)NC)n2)c1. The number of hydrogen-bond acceptors (Lipinski definition) is 9. The van der Waals surface area contributed by atoms with Crippen LogP contribution in [0.5, 0.6) is 5.75 Å². The normalized spacial score (nSPS) is 20.6. The van der Waals surface area contributed by atoms with Gasteiger partial charge < -0.3 is 35.4 Å². The van der Waals surface area contributed by atoms with E-state index in [1.54, 1.807) is 14.1 Å². The molecule has 1 amide bonds. The molecule has 0 saturated carbocycles. The molecule has 4 N–H and O–H groups in total. The fourth-order valence-electron chi connectivity index (χ4n) is 4.57. The Balaban J connectivity index is 1.68. The zero-order chi connectivity index (χ0) is 24.8. The van der Waals surface area contributed by atoms with Gasteiger partial charge in [-0.3, -0.25) is 4.79 Å². The summed E-state index contributed by atoms with van der Waals surface area (Å²) in [7, 11) is 3.46. The summed E-state index contributed by atoms with van der Waals surface area (Å²) >= 11 is 0. The Labute approximate surface area is 206 Å². The number of aliphatic hydroxyl groups is 1. The average molecular weight is 485 g/mol. The number of likely N-dealkylation sites (N-methyl/N-ethyl adjacent to an activating group) is 2. The first-order valence-electron chi connectivity index (χ1n) is 12.3. The smallest absolute Gasteiger partial charge is 0.242 e. The van der Waals surface area contributed by atoms with Crippen LogP contribution < -0.4 is 25.6 Å². The number of hydrogen-bond donors (Lipinski definition) is 4. The number of aromatic nitrogens is 2. The number of aliphatic hydroxyl groups excluding tert-OH is 1. The lowest BCUT2D eigenvalue weighted by Gasteiger charge is -2.27. The van der Waals surface area contributed by atoms with Crippen LogP contribution in [0.1, 0.15) is 24.8 Å². The van der Waals surface area contributed by atoms with Crippen LogP contribution in [0.3, 0.4) is 0 Å². The number of rotatable bonds is 10. The standard InChI is InChI=1S/C25H36N6O4/c1-16-22(28-18-9-11-34-14-18)29-23(30-24(16)31-10-5-8-21(31)25(33)27-3)17-6-4-7-20(12-17)35-15-19(32)13-26-2/h4,6-7,12,18-19,21,26,32H,5,8-11,13-15H2,1-3H3,(H,27,33)(H,28,29,30)/t18-,19?,21-/m1/s1. The summed E-state index contributed by atoms with van der Waals surface area (Å²) in [5.41, 5.74) is 1.72. The maximum absolute atomic E-state index is 12.6. The molecule has 190 valence electrons.